The van der Waals surface area contributed by atoms with E-state index in [2.05, 4.69) is 34.7 Å². The van der Waals surface area contributed by atoms with E-state index in [1.807, 2.05) is 36.4 Å². The SMILES string of the molecule is CN1C2C=CC(OC(=O)NCc3ccccc3)=CC2C2CCC(NC3CC3)C21. The molecule has 1 aromatic carbocycles. The van der Waals surface area contributed by atoms with Crippen molar-refractivity contribution in [3.63, 3.8) is 0 Å². The number of carbonyl (C=O) groups is 1. The number of nitrogens with one attached hydrogen (secondary N) is 2. The van der Waals surface area contributed by atoms with Crippen LogP contribution in [0.3, 0.4) is 0 Å². The van der Waals surface area contributed by atoms with E-state index in [-0.39, 0.29) is 6.09 Å². The molecule has 1 heterocycles. The van der Waals surface area contributed by atoms with E-state index >= 15 is 0 Å². The lowest BCUT2D eigenvalue weighted by molar-refractivity contribution is 0.176. The van der Waals surface area contributed by atoms with Gasteiger partial charge < -0.3 is 15.4 Å². The van der Waals surface area contributed by atoms with Crippen LogP contribution in [0.1, 0.15) is 31.2 Å². The highest BCUT2D eigenvalue weighted by Gasteiger charge is 2.52. The van der Waals surface area contributed by atoms with Crippen LogP contribution in [0.25, 0.3) is 0 Å². The van der Waals surface area contributed by atoms with Crippen LogP contribution in [0.15, 0.2) is 54.3 Å². The maximum absolute atomic E-state index is 12.2. The van der Waals surface area contributed by atoms with Gasteiger partial charge in [0.2, 0.25) is 0 Å². The van der Waals surface area contributed by atoms with Crippen molar-refractivity contribution in [1.29, 1.82) is 0 Å². The van der Waals surface area contributed by atoms with Crippen LogP contribution in [0.5, 0.6) is 0 Å². The smallest absolute Gasteiger partial charge is 0.411 e. The molecule has 2 saturated carbocycles. The van der Waals surface area contributed by atoms with Crippen molar-refractivity contribution < 1.29 is 9.53 Å². The maximum atomic E-state index is 12.2. The molecule has 5 rings (SSSR count). The molecule has 5 unspecified atom stereocenters. The van der Waals surface area contributed by atoms with E-state index in [1.54, 1.807) is 0 Å². The van der Waals surface area contributed by atoms with Gasteiger partial charge in [0, 0.05) is 36.6 Å². The van der Waals surface area contributed by atoms with Crippen molar-refractivity contribution in [3.05, 3.63) is 59.9 Å². The number of nitrogens with zero attached hydrogens (tertiary/aromatic N) is 1. The highest BCUT2D eigenvalue weighted by molar-refractivity contribution is 5.69. The summed E-state index contributed by atoms with van der Waals surface area (Å²) in [6.07, 6.45) is 11.2. The molecule has 0 bridgehead atoms. The highest BCUT2D eigenvalue weighted by atomic mass is 16.6. The molecule has 2 N–H and O–H groups in total. The molecule has 3 aliphatic carbocycles. The zero-order valence-corrected chi connectivity index (χ0v) is 16.4. The fraction of sp³-hybridized carbons (Fsp3) is 0.522. The number of alkyl carbamates (subject to hydrolysis) is 1. The van der Waals surface area contributed by atoms with Crippen LogP contribution >= 0.6 is 0 Å². The van der Waals surface area contributed by atoms with Gasteiger partial charge in [-0.1, -0.05) is 36.4 Å². The first-order valence-corrected chi connectivity index (χ1v) is 10.6. The van der Waals surface area contributed by atoms with Gasteiger partial charge in [0.15, 0.2) is 0 Å². The molecule has 1 saturated heterocycles. The molecule has 5 heteroatoms. The number of rotatable bonds is 5. The quantitative estimate of drug-likeness (QED) is 0.825. The third-order valence-corrected chi connectivity index (χ3v) is 6.82. The van der Waals surface area contributed by atoms with Crippen molar-refractivity contribution in [3.8, 4) is 0 Å². The van der Waals surface area contributed by atoms with E-state index in [9.17, 15) is 4.79 Å². The molecule has 1 aliphatic heterocycles. The Kier molecular flexibility index (Phi) is 4.73. The average Bonchev–Trinajstić information content (AvgIpc) is 3.36. The number of allylic oxidation sites excluding steroid dienone is 1. The minimum atomic E-state index is -0.388. The van der Waals surface area contributed by atoms with Crippen LogP contribution in [-0.4, -0.2) is 42.2 Å². The van der Waals surface area contributed by atoms with Gasteiger partial charge in [-0.15, -0.1) is 0 Å². The molecule has 3 fully saturated rings. The Hall–Kier alpha value is -2.11. The minimum absolute atomic E-state index is 0.388. The summed E-state index contributed by atoms with van der Waals surface area (Å²) in [4.78, 5) is 14.8. The van der Waals surface area contributed by atoms with E-state index in [1.165, 1.54) is 25.7 Å². The highest BCUT2D eigenvalue weighted by Crippen LogP contribution is 2.47. The second-order valence-corrected chi connectivity index (χ2v) is 8.67. The summed E-state index contributed by atoms with van der Waals surface area (Å²) in [6.45, 7) is 0.477. The van der Waals surface area contributed by atoms with Crippen LogP contribution in [0, 0.1) is 11.8 Å². The normalized spacial score (nSPS) is 33.9. The van der Waals surface area contributed by atoms with E-state index in [0.29, 0.717) is 42.3 Å². The third-order valence-electron chi connectivity index (χ3n) is 6.82. The first-order chi connectivity index (χ1) is 13.7. The number of hydrogen-bond acceptors (Lipinski definition) is 4. The summed E-state index contributed by atoms with van der Waals surface area (Å²) < 4.78 is 5.60. The van der Waals surface area contributed by atoms with Crippen molar-refractivity contribution in [1.82, 2.24) is 15.5 Å². The molecule has 0 spiro atoms. The standard InChI is InChI=1S/C23H29N3O2/c1-26-21-12-9-17(28-23(27)24-14-15-5-3-2-4-6-15)13-19(21)18-10-11-20(22(18)26)25-16-7-8-16/h2-6,9,12-13,16,18-22,25H,7-8,10-11,14H2,1H3,(H,24,27). The van der Waals surface area contributed by atoms with Gasteiger partial charge in [0.05, 0.1) is 0 Å². The number of likely N-dealkylation sites (N-methyl/N-ethyl adjacent to an activating group) is 1. The summed E-state index contributed by atoms with van der Waals surface area (Å²) in [5.41, 5.74) is 1.06. The monoisotopic (exact) mass is 379 g/mol. The Labute approximate surface area is 166 Å². The molecule has 5 nitrogen and oxygen atoms in total. The van der Waals surface area contributed by atoms with E-state index in [4.69, 9.17) is 4.74 Å². The fourth-order valence-corrected chi connectivity index (χ4v) is 5.38. The van der Waals surface area contributed by atoms with Crippen molar-refractivity contribution in [2.24, 2.45) is 11.8 Å². The Balaban J connectivity index is 1.21. The number of fused-ring (bicyclic) bond motifs is 3. The van der Waals surface area contributed by atoms with Gasteiger partial charge in [0.1, 0.15) is 5.76 Å². The van der Waals surface area contributed by atoms with Gasteiger partial charge in [-0.2, -0.15) is 0 Å². The first kappa shape index (κ1) is 18.0. The molecular formula is C23H29N3O2. The van der Waals surface area contributed by atoms with Gasteiger partial charge in [0.25, 0.3) is 0 Å². The number of hydrogen-bond donors (Lipinski definition) is 2. The largest absolute Gasteiger partial charge is 0.412 e. The number of amides is 1. The Morgan fingerprint density at radius 2 is 2.00 bits per heavy atom. The van der Waals surface area contributed by atoms with Crippen molar-refractivity contribution in [2.45, 2.75) is 56.4 Å². The molecular weight excluding hydrogens is 350 g/mol. The molecule has 148 valence electrons. The second-order valence-electron chi connectivity index (χ2n) is 8.67. The van der Waals surface area contributed by atoms with E-state index in [0.717, 1.165) is 11.6 Å². The Bertz CT molecular complexity index is 786. The second kappa shape index (κ2) is 7.37. The van der Waals surface area contributed by atoms with Gasteiger partial charge in [-0.05, 0) is 56.4 Å². The van der Waals surface area contributed by atoms with Gasteiger partial charge in [-0.3, -0.25) is 4.90 Å². The van der Waals surface area contributed by atoms with Crippen LogP contribution < -0.4 is 10.6 Å². The zero-order chi connectivity index (χ0) is 19.1. The molecule has 4 aliphatic rings. The van der Waals surface area contributed by atoms with Gasteiger partial charge >= 0.3 is 6.09 Å². The minimum Gasteiger partial charge on any atom is -0.411 e. The lowest BCUT2D eigenvalue weighted by Crippen LogP contribution is -2.46. The van der Waals surface area contributed by atoms with Gasteiger partial charge in [-0.25, -0.2) is 4.79 Å². The predicted molar refractivity (Wildman–Crippen MR) is 108 cm³/mol. The molecule has 0 aromatic heterocycles. The molecule has 0 radical (unpaired) electrons. The van der Waals surface area contributed by atoms with Crippen LogP contribution in [0.4, 0.5) is 4.79 Å². The Morgan fingerprint density at radius 1 is 1.18 bits per heavy atom. The predicted octanol–water partition coefficient (Wildman–Crippen LogP) is 3.20. The molecule has 28 heavy (non-hydrogen) atoms. The van der Waals surface area contributed by atoms with E-state index < -0.39 is 0 Å². The summed E-state index contributed by atoms with van der Waals surface area (Å²) in [5, 5.41) is 6.70. The van der Waals surface area contributed by atoms with Crippen molar-refractivity contribution >= 4 is 6.09 Å². The lowest BCUT2D eigenvalue weighted by Gasteiger charge is -2.30. The fourth-order valence-electron chi connectivity index (χ4n) is 5.38. The average molecular weight is 380 g/mol. The molecule has 5 atom stereocenters. The number of carbonyl (C=O) groups excluding carboxylic acids is 1. The van der Waals surface area contributed by atoms with Crippen LogP contribution in [0.2, 0.25) is 0 Å². The lowest BCUT2D eigenvalue weighted by atomic mass is 9.85. The van der Waals surface area contributed by atoms with Crippen LogP contribution in [-0.2, 0) is 11.3 Å². The summed E-state index contributed by atoms with van der Waals surface area (Å²) in [5.74, 6) is 1.75. The number of likely N-dealkylation sites (tertiary alicyclic amines) is 1. The third kappa shape index (κ3) is 3.49. The summed E-state index contributed by atoms with van der Waals surface area (Å²) >= 11 is 0. The zero-order valence-electron chi connectivity index (χ0n) is 16.4. The maximum Gasteiger partial charge on any atom is 0.412 e. The van der Waals surface area contributed by atoms with Crippen molar-refractivity contribution in [2.75, 3.05) is 7.05 Å². The topological polar surface area (TPSA) is 53.6 Å². The molecule has 1 amide bonds. The summed E-state index contributed by atoms with van der Waals surface area (Å²) in [6, 6.07) is 12.2. The summed E-state index contributed by atoms with van der Waals surface area (Å²) in [7, 11) is 2.26. The number of ether oxygens (including phenoxy) is 1. The Morgan fingerprint density at radius 3 is 2.79 bits per heavy atom. The first-order valence-electron chi connectivity index (χ1n) is 10.6. The number of benzene rings is 1. The molecule has 1 aromatic rings.